The number of nitrogens with zero attached hydrogens (tertiary/aromatic N) is 2. The number of rotatable bonds is 7. The summed E-state index contributed by atoms with van der Waals surface area (Å²) in [6.07, 6.45) is 0. The first-order chi connectivity index (χ1) is 9.09. The van der Waals surface area contributed by atoms with E-state index < -0.39 is 0 Å². The van der Waals surface area contributed by atoms with Gasteiger partial charge in [-0.3, -0.25) is 4.40 Å². The molecule has 0 aliphatic rings. The van der Waals surface area contributed by atoms with Crippen molar-refractivity contribution >= 4 is 16.3 Å². The third-order valence-corrected chi connectivity index (χ3v) is 3.84. The molecule has 0 radical (unpaired) electrons. The van der Waals surface area contributed by atoms with Crippen LogP contribution in [-0.2, 0) is 11.3 Å². The minimum atomic E-state index is 0.640. The lowest BCUT2D eigenvalue weighted by Crippen LogP contribution is -2.21. The lowest BCUT2D eigenvalue weighted by atomic mass is 10.3. The van der Waals surface area contributed by atoms with E-state index in [9.17, 15) is 0 Å². The molecule has 0 aliphatic heterocycles. The van der Waals surface area contributed by atoms with Crippen LogP contribution in [0.4, 0.5) is 0 Å². The Hall–Kier alpha value is -1.17. The van der Waals surface area contributed by atoms with Crippen molar-refractivity contribution in [1.82, 2.24) is 14.7 Å². The van der Waals surface area contributed by atoms with Gasteiger partial charge >= 0.3 is 0 Å². The molecule has 0 fully saturated rings. The molecule has 2 aromatic rings. The van der Waals surface area contributed by atoms with Crippen LogP contribution >= 0.6 is 11.3 Å². The smallest absolute Gasteiger partial charge is 0.194 e. The number of hydrogen-bond acceptors (Lipinski definition) is 4. The van der Waals surface area contributed by atoms with Gasteiger partial charge in [-0.25, -0.2) is 4.98 Å². The van der Waals surface area contributed by atoms with Crippen molar-refractivity contribution < 1.29 is 4.74 Å². The molecule has 4 nitrogen and oxygen atoms in total. The minimum absolute atomic E-state index is 0.640. The Bertz CT molecular complexity index is 571. The van der Waals surface area contributed by atoms with E-state index in [-0.39, 0.29) is 0 Å². The molecule has 2 heterocycles. The van der Waals surface area contributed by atoms with Crippen molar-refractivity contribution in [3.8, 4) is 0 Å². The lowest BCUT2D eigenvalue weighted by molar-refractivity contribution is 0.157. The minimum Gasteiger partial charge on any atom is -0.376 e. The van der Waals surface area contributed by atoms with Gasteiger partial charge in [0.15, 0.2) is 4.96 Å². The summed E-state index contributed by atoms with van der Waals surface area (Å²) in [7, 11) is 0. The summed E-state index contributed by atoms with van der Waals surface area (Å²) < 4.78 is 7.68. The summed E-state index contributed by atoms with van der Waals surface area (Å²) in [6.45, 7) is 13.0. The molecule has 2 aromatic heterocycles. The second-order valence-corrected chi connectivity index (χ2v) is 5.66. The highest BCUT2D eigenvalue weighted by Gasteiger charge is 2.11. The Morgan fingerprint density at radius 1 is 1.53 bits per heavy atom. The number of aryl methyl sites for hydroxylation is 2. The maximum Gasteiger partial charge on any atom is 0.194 e. The predicted molar refractivity (Wildman–Crippen MR) is 79.9 cm³/mol. The van der Waals surface area contributed by atoms with Crippen molar-refractivity contribution in [2.45, 2.75) is 27.3 Å². The van der Waals surface area contributed by atoms with Gasteiger partial charge in [0.25, 0.3) is 0 Å². The van der Waals surface area contributed by atoms with Gasteiger partial charge in [-0.1, -0.05) is 12.2 Å². The number of imidazole rings is 1. The average molecular weight is 279 g/mol. The number of hydrogen-bond donors (Lipinski definition) is 1. The molecule has 19 heavy (non-hydrogen) atoms. The molecule has 0 atom stereocenters. The van der Waals surface area contributed by atoms with Gasteiger partial charge in [0.05, 0.1) is 24.6 Å². The second kappa shape index (κ2) is 6.32. The molecule has 0 aliphatic carbocycles. The van der Waals surface area contributed by atoms with E-state index in [4.69, 9.17) is 4.74 Å². The number of fused-ring (bicyclic) bond motifs is 1. The van der Waals surface area contributed by atoms with Crippen LogP contribution in [-0.4, -0.2) is 29.1 Å². The van der Waals surface area contributed by atoms with Gasteiger partial charge in [-0.15, -0.1) is 11.3 Å². The zero-order valence-corrected chi connectivity index (χ0v) is 12.6. The maximum atomic E-state index is 5.46. The van der Waals surface area contributed by atoms with Crippen molar-refractivity contribution in [3.63, 3.8) is 0 Å². The summed E-state index contributed by atoms with van der Waals surface area (Å²) in [5.74, 6) is 0. The van der Waals surface area contributed by atoms with Gasteiger partial charge in [0, 0.05) is 24.2 Å². The highest BCUT2D eigenvalue weighted by Crippen LogP contribution is 2.20. The number of ether oxygens (including phenoxy) is 1. The molecule has 1 N–H and O–H groups in total. The number of thiazole rings is 1. The van der Waals surface area contributed by atoms with Crippen molar-refractivity contribution in [2.75, 3.05) is 19.8 Å². The Morgan fingerprint density at radius 2 is 2.32 bits per heavy atom. The standard InChI is InChI=1S/C14H21N3OS/c1-10(2)8-18-6-5-15-7-13-12(4)16-14-17(13)11(3)9-19-14/h9,15H,1,5-8H2,2-4H3. The van der Waals surface area contributed by atoms with Crippen LogP contribution in [0, 0.1) is 13.8 Å². The van der Waals surface area contributed by atoms with Crippen molar-refractivity contribution in [3.05, 3.63) is 34.6 Å². The van der Waals surface area contributed by atoms with Crippen LogP contribution in [0.15, 0.2) is 17.5 Å². The highest BCUT2D eigenvalue weighted by atomic mass is 32.1. The summed E-state index contributed by atoms with van der Waals surface area (Å²) in [4.78, 5) is 5.65. The molecule has 0 amide bonds. The quantitative estimate of drug-likeness (QED) is 0.625. The highest BCUT2D eigenvalue weighted by molar-refractivity contribution is 7.15. The second-order valence-electron chi connectivity index (χ2n) is 4.83. The largest absolute Gasteiger partial charge is 0.376 e. The van der Waals surface area contributed by atoms with E-state index in [0.717, 1.165) is 29.3 Å². The van der Waals surface area contributed by atoms with E-state index in [0.29, 0.717) is 13.2 Å². The first-order valence-electron chi connectivity index (χ1n) is 6.44. The average Bonchev–Trinajstić information content (AvgIpc) is 2.84. The van der Waals surface area contributed by atoms with Crippen LogP contribution < -0.4 is 5.32 Å². The summed E-state index contributed by atoms with van der Waals surface area (Å²) >= 11 is 1.69. The number of nitrogens with one attached hydrogen (secondary N) is 1. The molecule has 0 saturated heterocycles. The van der Waals surface area contributed by atoms with Crippen LogP contribution in [0.5, 0.6) is 0 Å². The molecular formula is C14H21N3OS. The molecule has 2 rings (SSSR count). The third-order valence-electron chi connectivity index (χ3n) is 2.89. The first-order valence-corrected chi connectivity index (χ1v) is 7.32. The fourth-order valence-corrected chi connectivity index (χ4v) is 2.90. The molecule has 5 heteroatoms. The topological polar surface area (TPSA) is 38.6 Å². The van der Waals surface area contributed by atoms with Gasteiger partial charge < -0.3 is 10.1 Å². The van der Waals surface area contributed by atoms with Crippen molar-refractivity contribution in [2.24, 2.45) is 0 Å². The monoisotopic (exact) mass is 279 g/mol. The molecule has 0 unspecified atom stereocenters. The fourth-order valence-electron chi connectivity index (χ4n) is 1.97. The van der Waals surface area contributed by atoms with Crippen LogP contribution in [0.2, 0.25) is 0 Å². The molecule has 0 saturated carbocycles. The van der Waals surface area contributed by atoms with Crippen LogP contribution in [0.1, 0.15) is 24.0 Å². The van der Waals surface area contributed by atoms with Gasteiger partial charge in [0.1, 0.15) is 0 Å². The Morgan fingerprint density at radius 3 is 3.05 bits per heavy atom. The zero-order chi connectivity index (χ0) is 13.8. The van der Waals surface area contributed by atoms with Gasteiger partial charge in [0.2, 0.25) is 0 Å². The Balaban J connectivity index is 1.86. The fraction of sp³-hybridized carbons (Fsp3) is 0.500. The van der Waals surface area contributed by atoms with E-state index in [1.54, 1.807) is 11.3 Å². The molecule has 0 bridgehead atoms. The lowest BCUT2D eigenvalue weighted by Gasteiger charge is -2.07. The van der Waals surface area contributed by atoms with E-state index in [2.05, 4.69) is 40.5 Å². The van der Waals surface area contributed by atoms with Gasteiger partial charge in [-0.2, -0.15) is 0 Å². The SMILES string of the molecule is C=C(C)COCCNCc1c(C)nc2scc(C)n12. The number of aromatic nitrogens is 2. The predicted octanol–water partition coefficient (Wildman–Crippen LogP) is 2.69. The molecule has 0 aromatic carbocycles. The summed E-state index contributed by atoms with van der Waals surface area (Å²) in [5.41, 5.74) is 4.65. The summed E-state index contributed by atoms with van der Waals surface area (Å²) in [5, 5.41) is 5.54. The summed E-state index contributed by atoms with van der Waals surface area (Å²) in [6, 6.07) is 0. The molecule has 104 valence electrons. The van der Waals surface area contributed by atoms with Crippen LogP contribution in [0.25, 0.3) is 4.96 Å². The van der Waals surface area contributed by atoms with Gasteiger partial charge in [-0.05, 0) is 20.8 Å². The normalized spacial score (nSPS) is 11.3. The Kier molecular flexibility index (Phi) is 4.74. The van der Waals surface area contributed by atoms with E-state index in [1.165, 1.54) is 11.4 Å². The first kappa shape index (κ1) is 14.2. The molecular weight excluding hydrogens is 258 g/mol. The van der Waals surface area contributed by atoms with E-state index in [1.807, 2.05) is 6.92 Å². The maximum absolute atomic E-state index is 5.46. The van der Waals surface area contributed by atoms with E-state index >= 15 is 0 Å². The molecule has 0 spiro atoms. The third kappa shape index (κ3) is 3.43. The van der Waals surface area contributed by atoms with Crippen molar-refractivity contribution in [1.29, 1.82) is 0 Å². The van der Waals surface area contributed by atoms with Crippen LogP contribution in [0.3, 0.4) is 0 Å². The zero-order valence-electron chi connectivity index (χ0n) is 11.8. The Labute approximate surface area is 118 Å².